The molecule has 0 unspecified atom stereocenters. The minimum absolute atomic E-state index is 0.0143. The van der Waals surface area contributed by atoms with Crippen molar-refractivity contribution in [3.05, 3.63) is 70.7 Å². The Morgan fingerprint density at radius 2 is 1.88 bits per heavy atom. The summed E-state index contributed by atoms with van der Waals surface area (Å²) in [6, 6.07) is 16.7. The van der Waals surface area contributed by atoms with Gasteiger partial charge in [0.05, 0.1) is 12.2 Å². The van der Waals surface area contributed by atoms with Crippen molar-refractivity contribution in [1.82, 2.24) is 0 Å². The molecule has 4 heteroatoms. The van der Waals surface area contributed by atoms with Crippen LogP contribution in [0.25, 0.3) is 0 Å². The molecule has 3 rings (SSSR count). The third-order valence-electron chi connectivity index (χ3n) is 4.87. The molecule has 0 saturated heterocycles. The number of benzene rings is 2. The van der Waals surface area contributed by atoms with E-state index in [1.807, 2.05) is 30.3 Å². The molecule has 1 N–H and O–H groups in total. The molecule has 0 amide bonds. The number of ether oxygens (including phenoxy) is 1. The van der Waals surface area contributed by atoms with Gasteiger partial charge in [-0.25, -0.2) is 4.79 Å². The highest BCUT2D eigenvalue weighted by atomic mass is 35.5. The van der Waals surface area contributed by atoms with E-state index in [9.17, 15) is 9.90 Å². The average Bonchev–Trinajstić information content (AvgIpc) is 2.99. The molecule has 0 spiro atoms. The standard InChI is InChI=1S/C20H21ClO3/c21-17-10-8-16(9-11-17)19(23)24-18-7-4-12-20(18,14-22)13-15-5-2-1-3-6-15/h1-3,5-6,8-11,18,22H,4,7,12-14H2/t18-,20+/m1/s1. The van der Waals surface area contributed by atoms with Gasteiger partial charge in [-0.1, -0.05) is 41.9 Å². The minimum atomic E-state index is -0.399. The molecule has 0 bridgehead atoms. The zero-order valence-corrected chi connectivity index (χ0v) is 14.2. The fourth-order valence-electron chi connectivity index (χ4n) is 3.52. The molecule has 1 aliphatic rings. The molecular weight excluding hydrogens is 324 g/mol. The number of rotatable bonds is 5. The average molecular weight is 345 g/mol. The molecule has 24 heavy (non-hydrogen) atoms. The predicted octanol–water partition coefficient (Wildman–Crippen LogP) is 4.27. The zero-order valence-electron chi connectivity index (χ0n) is 13.5. The number of hydrogen-bond donors (Lipinski definition) is 1. The van der Waals surface area contributed by atoms with Crippen LogP contribution < -0.4 is 0 Å². The van der Waals surface area contributed by atoms with Gasteiger partial charge in [-0.15, -0.1) is 0 Å². The van der Waals surface area contributed by atoms with Gasteiger partial charge in [0.1, 0.15) is 6.10 Å². The van der Waals surface area contributed by atoms with E-state index in [1.165, 1.54) is 0 Å². The van der Waals surface area contributed by atoms with E-state index in [0.717, 1.165) is 24.8 Å². The third-order valence-corrected chi connectivity index (χ3v) is 5.12. The van der Waals surface area contributed by atoms with Gasteiger partial charge >= 0.3 is 5.97 Å². The quantitative estimate of drug-likeness (QED) is 0.824. The number of esters is 1. The Labute approximate surface area is 147 Å². The maximum Gasteiger partial charge on any atom is 0.338 e. The van der Waals surface area contributed by atoms with E-state index in [2.05, 4.69) is 0 Å². The van der Waals surface area contributed by atoms with Crippen molar-refractivity contribution in [3.8, 4) is 0 Å². The second-order valence-electron chi connectivity index (χ2n) is 6.48. The first-order valence-electron chi connectivity index (χ1n) is 8.24. The van der Waals surface area contributed by atoms with Crippen LogP contribution in [0.5, 0.6) is 0 Å². The normalized spacial score (nSPS) is 23.2. The summed E-state index contributed by atoms with van der Waals surface area (Å²) in [7, 11) is 0. The van der Waals surface area contributed by atoms with Crippen LogP contribution in [0, 0.1) is 5.41 Å². The predicted molar refractivity (Wildman–Crippen MR) is 94.2 cm³/mol. The maximum absolute atomic E-state index is 12.4. The summed E-state index contributed by atoms with van der Waals surface area (Å²) in [6.45, 7) is 0.0143. The molecule has 126 valence electrons. The fourth-order valence-corrected chi connectivity index (χ4v) is 3.64. The molecule has 2 aromatic rings. The first-order chi connectivity index (χ1) is 11.6. The summed E-state index contributed by atoms with van der Waals surface area (Å²) in [5.41, 5.74) is 1.24. The molecule has 1 saturated carbocycles. The van der Waals surface area contributed by atoms with Crippen LogP contribution in [0.15, 0.2) is 54.6 Å². The highest BCUT2D eigenvalue weighted by Crippen LogP contribution is 2.43. The topological polar surface area (TPSA) is 46.5 Å². The summed E-state index contributed by atoms with van der Waals surface area (Å²) >= 11 is 5.86. The number of hydrogen-bond acceptors (Lipinski definition) is 3. The molecule has 0 heterocycles. The van der Waals surface area contributed by atoms with Crippen LogP contribution in [0.3, 0.4) is 0 Å². The van der Waals surface area contributed by atoms with Crippen LogP contribution in [0.2, 0.25) is 5.02 Å². The van der Waals surface area contributed by atoms with Crippen LogP contribution >= 0.6 is 11.6 Å². The Morgan fingerprint density at radius 1 is 1.17 bits per heavy atom. The van der Waals surface area contributed by atoms with Gasteiger partial charge in [0.15, 0.2) is 0 Å². The van der Waals surface area contributed by atoms with Crippen molar-refractivity contribution < 1.29 is 14.6 Å². The highest BCUT2D eigenvalue weighted by molar-refractivity contribution is 6.30. The lowest BCUT2D eigenvalue weighted by Crippen LogP contribution is -2.39. The second kappa shape index (κ2) is 7.37. The number of aliphatic hydroxyl groups excluding tert-OH is 1. The lowest BCUT2D eigenvalue weighted by atomic mass is 9.79. The Kier molecular flexibility index (Phi) is 5.22. The van der Waals surface area contributed by atoms with Gasteiger partial charge in [0.2, 0.25) is 0 Å². The molecule has 0 radical (unpaired) electrons. The minimum Gasteiger partial charge on any atom is -0.458 e. The molecule has 3 nitrogen and oxygen atoms in total. The van der Waals surface area contributed by atoms with Crippen molar-refractivity contribution in [2.75, 3.05) is 6.61 Å². The molecule has 0 aromatic heterocycles. The summed E-state index contributed by atoms with van der Waals surface area (Å²) < 4.78 is 5.77. The van der Waals surface area contributed by atoms with Crippen molar-refractivity contribution in [1.29, 1.82) is 0 Å². The number of carbonyl (C=O) groups excluding carboxylic acids is 1. The lowest BCUT2D eigenvalue weighted by Gasteiger charge is -2.33. The highest BCUT2D eigenvalue weighted by Gasteiger charge is 2.45. The fraction of sp³-hybridized carbons (Fsp3) is 0.350. The molecular formula is C20H21ClO3. The van der Waals surface area contributed by atoms with Crippen LogP contribution in [-0.4, -0.2) is 23.8 Å². The van der Waals surface area contributed by atoms with Crippen LogP contribution in [-0.2, 0) is 11.2 Å². The lowest BCUT2D eigenvalue weighted by molar-refractivity contribution is -0.0258. The van der Waals surface area contributed by atoms with Gasteiger partial charge in [-0.2, -0.15) is 0 Å². The molecule has 2 aromatic carbocycles. The van der Waals surface area contributed by atoms with Crippen molar-refractivity contribution in [2.45, 2.75) is 31.8 Å². The maximum atomic E-state index is 12.4. The Morgan fingerprint density at radius 3 is 2.54 bits per heavy atom. The van der Waals surface area contributed by atoms with E-state index < -0.39 is 5.41 Å². The van der Waals surface area contributed by atoms with E-state index in [1.54, 1.807) is 24.3 Å². The van der Waals surface area contributed by atoms with Gasteiger partial charge in [-0.05, 0) is 55.5 Å². The van der Waals surface area contributed by atoms with E-state index in [0.29, 0.717) is 17.0 Å². The van der Waals surface area contributed by atoms with Crippen molar-refractivity contribution in [3.63, 3.8) is 0 Å². The first kappa shape index (κ1) is 17.0. The van der Waals surface area contributed by atoms with Gasteiger partial charge in [0, 0.05) is 10.4 Å². The van der Waals surface area contributed by atoms with E-state index in [4.69, 9.17) is 16.3 Å². The largest absolute Gasteiger partial charge is 0.458 e. The first-order valence-corrected chi connectivity index (χ1v) is 8.62. The number of halogens is 1. The molecule has 1 aliphatic carbocycles. The summed E-state index contributed by atoms with van der Waals surface area (Å²) in [5, 5.41) is 10.6. The van der Waals surface area contributed by atoms with Crippen molar-refractivity contribution >= 4 is 17.6 Å². The Balaban J connectivity index is 1.75. The number of carbonyl (C=O) groups is 1. The smallest absolute Gasteiger partial charge is 0.338 e. The van der Waals surface area contributed by atoms with E-state index in [-0.39, 0.29) is 18.7 Å². The van der Waals surface area contributed by atoms with Crippen LogP contribution in [0.4, 0.5) is 0 Å². The zero-order chi connectivity index (χ0) is 17.0. The van der Waals surface area contributed by atoms with Gasteiger partial charge in [-0.3, -0.25) is 0 Å². The summed E-state index contributed by atoms with van der Waals surface area (Å²) in [4.78, 5) is 12.4. The summed E-state index contributed by atoms with van der Waals surface area (Å²) in [6.07, 6.45) is 3.03. The van der Waals surface area contributed by atoms with Gasteiger partial charge in [0.25, 0.3) is 0 Å². The SMILES string of the molecule is O=C(O[C@@H]1CCC[C@@]1(CO)Cc1ccccc1)c1ccc(Cl)cc1. The number of aliphatic hydroxyl groups is 1. The Hall–Kier alpha value is -1.84. The molecule has 2 atom stereocenters. The molecule has 1 fully saturated rings. The van der Waals surface area contributed by atoms with Gasteiger partial charge < -0.3 is 9.84 Å². The Bertz CT molecular complexity index is 684. The summed E-state index contributed by atoms with van der Waals surface area (Å²) in [5.74, 6) is -0.357. The third kappa shape index (κ3) is 3.63. The second-order valence-corrected chi connectivity index (χ2v) is 6.91. The van der Waals surface area contributed by atoms with Crippen molar-refractivity contribution in [2.24, 2.45) is 5.41 Å². The molecule has 0 aliphatic heterocycles. The van der Waals surface area contributed by atoms with E-state index >= 15 is 0 Å². The van der Waals surface area contributed by atoms with Crippen LogP contribution in [0.1, 0.15) is 35.2 Å². The monoisotopic (exact) mass is 344 g/mol.